The molecule has 0 aliphatic carbocycles. The van der Waals surface area contributed by atoms with E-state index in [1.807, 2.05) is 0 Å². The van der Waals surface area contributed by atoms with Crippen molar-refractivity contribution in [1.29, 1.82) is 0 Å². The van der Waals surface area contributed by atoms with E-state index in [1.165, 1.54) is 88.1 Å². The van der Waals surface area contributed by atoms with Gasteiger partial charge in [0.1, 0.15) is 0 Å². The highest BCUT2D eigenvalue weighted by Crippen LogP contribution is 2.46. The third-order valence-corrected chi connectivity index (χ3v) is 13.1. The van der Waals surface area contributed by atoms with Gasteiger partial charge in [-0.1, -0.05) is 194 Å². The van der Waals surface area contributed by atoms with Gasteiger partial charge in [-0.2, -0.15) is 0 Å². The van der Waals surface area contributed by atoms with E-state index < -0.39 is 5.41 Å². The normalized spacial score (nSPS) is 11.8. The van der Waals surface area contributed by atoms with E-state index in [0.717, 1.165) is 11.4 Å². The molecule has 0 amide bonds. The number of fused-ring (bicyclic) bond motifs is 6. The average Bonchev–Trinajstić information content (AvgIpc) is 3.88. The van der Waals surface area contributed by atoms with Crippen LogP contribution in [0, 0.1) is 0 Å². The molecule has 2 heterocycles. The first kappa shape index (κ1) is 36.6. The number of hydrogen-bond acceptors (Lipinski definition) is 0. The van der Waals surface area contributed by atoms with Gasteiger partial charge in [0.15, 0.2) is 0 Å². The summed E-state index contributed by atoms with van der Waals surface area (Å²) in [7, 11) is 0. The van der Waals surface area contributed by atoms with Gasteiger partial charge in [-0.05, 0) is 105 Å². The summed E-state index contributed by atoms with van der Waals surface area (Å²) in [5, 5.41) is 4.96. The second kappa shape index (κ2) is 15.1. The number of rotatable bonds is 8. The van der Waals surface area contributed by atoms with Gasteiger partial charge in [0.05, 0.1) is 27.5 Å². The van der Waals surface area contributed by atoms with Crippen molar-refractivity contribution in [2.45, 2.75) is 5.41 Å². The summed E-state index contributed by atoms with van der Waals surface area (Å²) in [4.78, 5) is 0. The third kappa shape index (κ3) is 5.95. The van der Waals surface area contributed by atoms with Crippen LogP contribution in [-0.4, -0.2) is 9.13 Å². The molecule has 0 unspecified atom stereocenters. The van der Waals surface area contributed by atoms with Crippen LogP contribution in [-0.2, 0) is 5.41 Å². The molecule has 0 N–H and O–H groups in total. The largest absolute Gasteiger partial charge is 0.309 e. The topological polar surface area (TPSA) is 9.86 Å². The van der Waals surface area contributed by atoms with Crippen LogP contribution in [0.3, 0.4) is 0 Å². The van der Waals surface area contributed by atoms with Crippen molar-refractivity contribution in [3.63, 3.8) is 0 Å². The number of aromatic nitrogens is 2. The molecule has 2 heteroatoms. The maximum Gasteiger partial charge on any atom is 0.0701 e. The Hall–Kier alpha value is -8.20. The van der Waals surface area contributed by atoms with Crippen molar-refractivity contribution in [2.75, 3.05) is 0 Å². The van der Waals surface area contributed by atoms with Crippen molar-refractivity contribution >= 4 is 43.6 Å². The Labute approximate surface area is 367 Å². The van der Waals surface area contributed by atoms with Crippen LogP contribution in [0.25, 0.3) is 77.2 Å². The molecule has 10 aromatic carbocycles. The fraction of sp³-hybridized carbons (Fsp3) is 0.0164. The molecule has 2 aromatic heterocycles. The molecule has 0 aliphatic heterocycles. The van der Waals surface area contributed by atoms with Gasteiger partial charge in [0, 0.05) is 32.9 Å². The maximum absolute atomic E-state index is 2.42. The lowest BCUT2D eigenvalue weighted by Gasteiger charge is -2.37. The summed E-state index contributed by atoms with van der Waals surface area (Å²) in [6, 6.07) is 93.1. The number of hydrogen-bond donors (Lipinski definition) is 0. The van der Waals surface area contributed by atoms with Gasteiger partial charge in [-0.3, -0.25) is 0 Å². The zero-order chi connectivity index (χ0) is 41.7. The van der Waals surface area contributed by atoms with Gasteiger partial charge in [0.2, 0.25) is 0 Å². The van der Waals surface area contributed by atoms with Crippen molar-refractivity contribution in [1.82, 2.24) is 9.13 Å². The van der Waals surface area contributed by atoms with E-state index in [9.17, 15) is 0 Å². The first-order valence-electron chi connectivity index (χ1n) is 21.8. The molecule has 0 fully saturated rings. The fourth-order valence-corrected chi connectivity index (χ4v) is 10.2. The molecule has 12 aromatic rings. The summed E-state index contributed by atoms with van der Waals surface area (Å²) in [5.41, 5.74) is 16.3. The Morgan fingerprint density at radius 3 is 1.11 bits per heavy atom. The highest BCUT2D eigenvalue weighted by Gasteiger charge is 2.38. The molecule has 0 aliphatic rings. The Morgan fingerprint density at radius 2 is 0.603 bits per heavy atom. The molecular weight excluding hydrogens is 761 g/mol. The van der Waals surface area contributed by atoms with Crippen LogP contribution in [0.1, 0.15) is 22.3 Å². The Balaban J connectivity index is 0.979. The van der Waals surface area contributed by atoms with Crippen LogP contribution in [0.15, 0.2) is 255 Å². The van der Waals surface area contributed by atoms with E-state index in [4.69, 9.17) is 0 Å². The van der Waals surface area contributed by atoms with Crippen molar-refractivity contribution in [3.05, 3.63) is 277 Å². The van der Waals surface area contributed by atoms with E-state index in [-0.39, 0.29) is 0 Å². The molecule has 0 spiro atoms. The molecular formula is C61H42N2. The highest BCUT2D eigenvalue weighted by atomic mass is 15.0. The highest BCUT2D eigenvalue weighted by molar-refractivity contribution is 6.12. The van der Waals surface area contributed by atoms with Crippen LogP contribution in [0.2, 0.25) is 0 Å². The number of benzene rings is 10. The third-order valence-electron chi connectivity index (χ3n) is 13.1. The Bertz CT molecular complexity index is 3490. The lowest BCUT2D eigenvalue weighted by Crippen LogP contribution is -2.30. The summed E-state index contributed by atoms with van der Waals surface area (Å²) in [5.74, 6) is 0. The molecule has 0 saturated carbocycles. The lowest BCUT2D eigenvalue weighted by molar-refractivity contribution is 0.745. The zero-order valence-corrected chi connectivity index (χ0v) is 34.6. The first-order chi connectivity index (χ1) is 31.3. The van der Waals surface area contributed by atoms with Crippen LogP contribution < -0.4 is 0 Å². The van der Waals surface area contributed by atoms with E-state index in [1.54, 1.807) is 0 Å². The van der Waals surface area contributed by atoms with Gasteiger partial charge in [-0.15, -0.1) is 0 Å². The Morgan fingerprint density at radius 1 is 0.222 bits per heavy atom. The minimum Gasteiger partial charge on any atom is -0.309 e. The quantitative estimate of drug-likeness (QED) is 0.135. The molecule has 2 nitrogen and oxygen atoms in total. The van der Waals surface area contributed by atoms with E-state index in [2.05, 4.69) is 264 Å². The molecule has 63 heavy (non-hydrogen) atoms. The number of nitrogens with zero attached hydrogens (tertiary/aromatic N) is 2. The molecule has 0 saturated heterocycles. The smallest absolute Gasteiger partial charge is 0.0701 e. The second-order valence-electron chi connectivity index (χ2n) is 16.5. The molecule has 0 bridgehead atoms. The van der Waals surface area contributed by atoms with Gasteiger partial charge in [0.25, 0.3) is 0 Å². The summed E-state index contributed by atoms with van der Waals surface area (Å²) < 4.78 is 4.83. The summed E-state index contributed by atoms with van der Waals surface area (Å²) in [6.45, 7) is 0. The molecule has 12 rings (SSSR count). The zero-order valence-electron chi connectivity index (χ0n) is 34.6. The standard InChI is InChI=1S/C61H42N2/c1-5-18-43(19-6-1)44-20-17-27-52(40-44)63-58-31-16-14-29-54(58)56-42-46(33-39-60(56)63)45-32-38-59-55(41-45)53-28-13-15-30-57(53)62(59)51-36-34-50(35-37-51)61(47-21-7-2-8-22-47,48-23-9-3-10-24-48)49-25-11-4-12-26-49/h1-42H. The molecule has 0 radical (unpaired) electrons. The first-order valence-corrected chi connectivity index (χ1v) is 21.8. The van der Waals surface area contributed by atoms with Crippen LogP contribution in [0.4, 0.5) is 0 Å². The predicted octanol–water partition coefficient (Wildman–Crippen LogP) is 15.6. The van der Waals surface area contributed by atoms with E-state index >= 15 is 0 Å². The van der Waals surface area contributed by atoms with Crippen LogP contribution in [0.5, 0.6) is 0 Å². The second-order valence-corrected chi connectivity index (χ2v) is 16.5. The van der Waals surface area contributed by atoms with Crippen molar-refractivity contribution in [3.8, 4) is 33.6 Å². The lowest BCUT2D eigenvalue weighted by atomic mass is 9.65. The molecule has 0 atom stereocenters. The monoisotopic (exact) mass is 802 g/mol. The maximum atomic E-state index is 2.42. The summed E-state index contributed by atoms with van der Waals surface area (Å²) >= 11 is 0. The van der Waals surface area contributed by atoms with Gasteiger partial charge in [-0.25, -0.2) is 0 Å². The summed E-state index contributed by atoms with van der Waals surface area (Å²) in [6.07, 6.45) is 0. The average molecular weight is 803 g/mol. The van der Waals surface area contributed by atoms with Crippen LogP contribution >= 0.6 is 0 Å². The van der Waals surface area contributed by atoms with Crippen molar-refractivity contribution < 1.29 is 0 Å². The minimum absolute atomic E-state index is 0.502. The number of para-hydroxylation sites is 2. The minimum atomic E-state index is -0.502. The predicted molar refractivity (Wildman–Crippen MR) is 264 cm³/mol. The fourth-order valence-electron chi connectivity index (χ4n) is 10.2. The van der Waals surface area contributed by atoms with Crippen molar-refractivity contribution in [2.24, 2.45) is 0 Å². The van der Waals surface area contributed by atoms with Gasteiger partial charge >= 0.3 is 0 Å². The van der Waals surface area contributed by atoms with E-state index in [0.29, 0.717) is 0 Å². The molecule has 296 valence electrons. The van der Waals surface area contributed by atoms with Gasteiger partial charge < -0.3 is 9.13 Å². The SMILES string of the molecule is c1ccc(-c2cccc(-n3c4ccccc4c4cc(-c5ccc6c(c5)c5ccccc5n6-c5ccc(C(c6ccccc6)(c6ccccc6)c6ccccc6)cc5)ccc43)c2)cc1. The Kier molecular flexibility index (Phi) is 8.76.